The fourth-order valence-electron chi connectivity index (χ4n) is 3.22. The molecule has 1 N–H and O–H groups in total. The molecule has 0 saturated carbocycles. The number of unbranched alkanes of at least 4 members (excludes halogenated alkanes) is 1. The number of carbonyl (C=O) groups excluding carboxylic acids is 1. The molecule has 1 heterocycles. The first-order valence-corrected chi connectivity index (χ1v) is 9.47. The van der Waals surface area contributed by atoms with Gasteiger partial charge in [0.1, 0.15) is 0 Å². The summed E-state index contributed by atoms with van der Waals surface area (Å²) in [6.07, 6.45) is 2.65. The van der Waals surface area contributed by atoms with Crippen molar-refractivity contribution in [3.05, 3.63) is 29.8 Å². The SMILES string of the molecule is CCCCC(=O)NC[C@H](c1ccc(N(C)C)cc1)N1CCN(C)CC1. The first-order valence-electron chi connectivity index (χ1n) is 9.47. The summed E-state index contributed by atoms with van der Waals surface area (Å²) in [6.45, 7) is 7.05. The van der Waals surface area contributed by atoms with Crippen LogP contribution in [0.15, 0.2) is 24.3 Å². The summed E-state index contributed by atoms with van der Waals surface area (Å²) >= 11 is 0. The topological polar surface area (TPSA) is 38.8 Å². The molecule has 0 aliphatic carbocycles. The fraction of sp³-hybridized carbons (Fsp3) is 0.650. The lowest BCUT2D eigenvalue weighted by molar-refractivity contribution is -0.121. The number of nitrogens with one attached hydrogen (secondary N) is 1. The molecule has 1 aromatic rings. The molecule has 1 aliphatic heterocycles. The Morgan fingerprint density at radius 2 is 1.80 bits per heavy atom. The lowest BCUT2D eigenvalue weighted by atomic mass is 10.0. The van der Waals surface area contributed by atoms with Crippen LogP contribution in [-0.4, -0.2) is 69.6 Å². The molecule has 0 bridgehead atoms. The van der Waals surface area contributed by atoms with Crippen molar-refractivity contribution >= 4 is 11.6 Å². The maximum absolute atomic E-state index is 12.1. The zero-order chi connectivity index (χ0) is 18.2. The van der Waals surface area contributed by atoms with Gasteiger partial charge in [0.05, 0.1) is 6.04 Å². The van der Waals surface area contributed by atoms with Crippen molar-refractivity contribution in [3.8, 4) is 0 Å². The van der Waals surface area contributed by atoms with E-state index >= 15 is 0 Å². The van der Waals surface area contributed by atoms with Crippen LogP contribution in [0.2, 0.25) is 0 Å². The highest BCUT2D eigenvalue weighted by molar-refractivity contribution is 5.75. The molecular weight excluding hydrogens is 312 g/mol. The zero-order valence-corrected chi connectivity index (χ0v) is 16.3. The van der Waals surface area contributed by atoms with Crippen molar-refractivity contribution in [3.63, 3.8) is 0 Å². The van der Waals surface area contributed by atoms with E-state index in [4.69, 9.17) is 0 Å². The predicted molar refractivity (Wildman–Crippen MR) is 105 cm³/mol. The molecule has 0 aromatic heterocycles. The molecule has 140 valence electrons. The van der Waals surface area contributed by atoms with E-state index in [-0.39, 0.29) is 11.9 Å². The van der Waals surface area contributed by atoms with Crippen molar-refractivity contribution in [2.45, 2.75) is 32.2 Å². The molecule has 5 nitrogen and oxygen atoms in total. The van der Waals surface area contributed by atoms with Crippen LogP contribution >= 0.6 is 0 Å². The Balaban J connectivity index is 2.06. The number of anilines is 1. The number of nitrogens with zero attached hydrogens (tertiary/aromatic N) is 3. The summed E-state index contributed by atoms with van der Waals surface area (Å²) in [5, 5.41) is 3.16. The van der Waals surface area contributed by atoms with Gasteiger partial charge >= 0.3 is 0 Å². The maximum Gasteiger partial charge on any atom is 0.220 e. The number of likely N-dealkylation sites (N-methyl/N-ethyl adjacent to an activating group) is 1. The van der Waals surface area contributed by atoms with E-state index in [1.54, 1.807) is 0 Å². The molecule has 2 rings (SSSR count). The molecule has 25 heavy (non-hydrogen) atoms. The molecule has 1 atom stereocenters. The Morgan fingerprint density at radius 1 is 1.16 bits per heavy atom. The second-order valence-electron chi connectivity index (χ2n) is 7.25. The largest absolute Gasteiger partial charge is 0.378 e. The zero-order valence-electron chi connectivity index (χ0n) is 16.3. The summed E-state index contributed by atoms with van der Waals surface area (Å²) in [6, 6.07) is 8.98. The molecular formula is C20H34N4O. The van der Waals surface area contributed by atoms with E-state index in [0.717, 1.165) is 39.0 Å². The number of rotatable bonds is 8. The highest BCUT2D eigenvalue weighted by Gasteiger charge is 2.24. The van der Waals surface area contributed by atoms with Gasteiger partial charge in [0.2, 0.25) is 5.91 Å². The second-order valence-corrected chi connectivity index (χ2v) is 7.25. The molecule has 0 unspecified atom stereocenters. The minimum atomic E-state index is 0.172. The predicted octanol–water partition coefficient (Wildman–Crippen LogP) is 2.35. The summed E-state index contributed by atoms with van der Waals surface area (Å²) in [7, 11) is 6.28. The van der Waals surface area contributed by atoms with Crippen LogP contribution in [0.1, 0.15) is 37.8 Å². The number of benzene rings is 1. The number of hydrogen-bond acceptors (Lipinski definition) is 4. The van der Waals surface area contributed by atoms with Crippen molar-refractivity contribution in [1.82, 2.24) is 15.1 Å². The third kappa shape index (κ3) is 6.01. The van der Waals surface area contributed by atoms with Gasteiger partial charge in [-0.1, -0.05) is 25.5 Å². The van der Waals surface area contributed by atoms with E-state index in [1.807, 2.05) is 0 Å². The van der Waals surface area contributed by atoms with Gasteiger partial charge in [-0.2, -0.15) is 0 Å². The maximum atomic E-state index is 12.1. The fourth-order valence-corrected chi connectivity index (χ4v) is 3.22. The third-order valence-corrected chi connectivity index (χ3v) is 5.02. The van der Waals surface area contributed by atoms with Gasteiger partial charge in [-0.15, -0.1) is 0 Å². The average Bonchev–Trinajstić information content (AvgIpc) is 2.62. The first kappa shape index (κ1) is 19.7. The van der Waals surface area contributed by atoms with Gasteiger partial charge in [0, 0.05) is 58.9 Å². The highest BCUT2D eigenvalue weighted by Crippen LogP contribution is 2.24. The van der Waals surface area contributed by atoms with E-state index in [1.165, 1.54) is 11.3 Å². The Bertz CT molecular complexity index is 521. The molecule has 1 aromatic carbocycles. The van der Waals surface area contributed by atoms with E-state index in [9.17, 15) is 4.79 Å². The first-order chi connectivity index (χ1) is 12.0. The van der Waals surface area contributed by atoms with Gasteiger partial charge in [-0.05, 0) is 31.2 Å². The summed E-state index contributed by atoms with van der Waals surface area (Å²) in [4.78, 5) is 19.1. The highest BCUT2D eigenvalue weighted by atomic mass is 16.1. The van der Waals surface area contributed by atoms with Crippen molar-refractivity contribution in [1.29, 1.82) is 0 Å². The number of amides is 1. The molecule has 1 fully saturated rings. The minimum Gasteiger partial charge on any atom is -0.378 e. The van der Waals surface area contributed by atoms with Crippen LogP contribution in [0.3, 0.4) is 0 Å². The quantitative estimate of drug-likeness (QED) is 0.784. The third-order valence-electron chi connectivity index (χ3n) is 5.02. The number of hydrogen-bond donors (Lipinski definition) is 1. The van der Waals surface area contributed by atoms with Crippen LogP contribution in [0.5, 0.6) is 0 Å². The Hall–Kier alpha value is -1.59. The molecule has 1 amide bonds. The van der Waals surface area contributed by atoms with Crippen molar-refractivity contribution in [2.24, 2.45) is 0 Å². The van der Waals surface area contributed by atoms with Crippen LogP contribution < -0.4 is 10.2 Å². The standard InChI is InChI=1S/C20H34N4O/c1-5-6-7-20(25)21-16-19(24-14-12-23(4)13-15-24)17-8-10-18(11-9-17)22(2)3/h8-11,19H,5-7,12-16H2,1-4H3,(H,21,25)/t19-/m1/s1. The van der Waals surface area contributed by atoms with E-state index in [2.05, 4.69) is 72.3 Å². The summed E-state index contributed by atoms with van der Waals surface area (Å²) < 4.78 is 0. The van der Waals surface area contributed by atoms with Crippen LogP contribution in [-0.2, 0) is 4.79 Å². The van der Waals surface area contributed by atoms with E-state index in [0.29, 0.717) is 13.0 Å². The number of carbonyl (C=O) groups is 1. The Morgan fingerprint density at radius 3 is 2.36 bits per heavy atom. The van der Waals surface area contributed by atoms with Crippen LogP contribution in [0.4, 0.5) is 5.69 Å². The van der Waals surface area contributed by atoms with Gasteiger partial charge in [0.25, 0.3) is 0 Å². The van der Waals surface area contributed by atoms with Gasteiger partial charge < -0.3 is 15.1 Å². The minimum absolute atomic E-state index is 0.172. The van der Waals surface area contributed by atoms with E-state index < -0.39 is 0 Å². The van der Waals surface area contributed by atoms with Gasteiger partial charge in [0.15, 0.2) is 0 Å². The van der Waals surface area contributed by atoms with Crippen molar-refractivity contribution < 1.29 is 4.79 Å². The monoisotopic (exact) mass is 346 g/mol. The molecule has 1 saturated heterocycles. The molecule has 0 radical (unpaired) electrons. The molecule has 5 heteroatoms. The van der Waals surface area contributed by atoms with Gasteiger partial charge in [-0.3, -0.25) is 9.69 Å². The second kappa shape index (κ2) is 9.78. The average molecular weight is 347 g/mol. The summed E-state index contributed by atoms with van der Waals surface area (Å²) in [5.74, 6) is 0.172. The van der Waals surface area contributed by atoms with Gasteiger partial charge in [-0.25, -0.2) is 0 Å². The summed E-state index contributed by atoms with van der Waals surface area (Å²) in [5.41, 5.74) is 2.49. The lowest BCUT2D eigenvalue weighted by Gasteiger charge is -2.38. The van der Waals surface area contributed by atoms with Crippen LogP contribution in [0.25, 0.3) is 0 Å². The van der Waals surface area contributed by atoms with Crippen LogP contribution in [0, 0.1) is 0 Å². The Kier molecular flexibility index (Phi) is 7.72. The Labute approximate surface area is 153 Å². The number of piperazine rings is 1. The van der Waals surface area contributed by atoms with Crippen molar-refractivity contribution in [2.75, 3.05) is 58.8 Å². The molecule has 1 aliphatic rings. The normalized spacial score (nSPS) is 17.3. The smallest absolute Gasteiger partial charge is 0.220 e. The lowest BCUT2D eigenvalue weighted by Crippen LogP contribution is -2.48. The molecule has 0 spiro atoms.